The molecule has 1 heterocycles. The van der Waals surface area contributed by atoms with Crippen molar-refractivity contribution in [2.45, 2.75) is 0 Å². The first-order valence-corrected chi connectivity index (χ1v) is 6.36. The Labute approximate surface area is 123 Å². The molecular weight excluding hydrogens is 284 g/mol. The van der Waals surface area contributed by atoms with E-state index in [1.807, 2.05) is 0 Å². The van der Waals surface area contributed by atoms with E-state index in [1.165, 1.54) is 18.5 Å². The topological polar surface area (TPSA) is 106 Å². The molecule has 2 amide bonds. The summed E-state index contributed by atoms with van der Waals surface area (Å²) in [6.07, 6.45) is 2.71. The van der Waals surface area contributed by atoms with Gasteiger partial charge < -0.3 is 5.73 Å². The lowest BCUT2D eigenvalue weighted by Gasteiger charge is -2.12. The molecule has 0 aliphatic rings. The van der Waals surface area contributed by atoms with E-state index in [0.717, 1.165) is 5.01 Å². The average Bonchev–Trinajstić information content (AvgIpc) is 2.78. The number of carbonyl (C=O) groups is 1. The number of aromatic nitrogens is 1. The maximum absolute atomic E-state index is 12.2. The van der Waals surface area contributed by atoms with Crippen LogP contribution in [0.5, 0.6) is 0 Å². The van der Waals surface area contributed by atoms with Crippen molar-refractivity contribution < 1.29 is 4.79 Å². The van der Waals surface area contributed by atoms with Crippen LogP contribution in [-0.2, 0) is 0 Å². The molecule has 2 N–H and O–H groups in total. The Hall–Kier alpha value is -3.35. The summed E-state index contributed by atoms with van der Waals surface area (Å²) >= 11 is 0. The van der Waals surface area contributed by atoms with Crippen LogP contribution in [0, 0.1) is 0 Å². The second-order valence-corrected chi connectivity index (χ2v) is 4.51. The third-order valence-corrected chi connectivity index (χ3v) is 3.15. The number of urea groups is 1. The highest BCUT2D eigenvalue weighted by molar-refractivity contribution is 5.90. The fourth-order valence-electron chi connectivity index (χ4n) is 2.13. The van der Waals surface area contributed by atoms with E-state index in [2.05, 4.69) is 10.1 Å². The average molecular weight is 294 g/mol. The zero-order valence-electron chi connectivity index (χ0n) is 11.3. The first-order chi connectivity index (χ1) is 10.6. The molecule has 0 saturated heterocycles. The van der Waals surface area contributed by atoms with Crippen molar-refractivity contribution in [3.05, 3.63) is 74.6 Å². The minimum atomic E-state index is -0.895. The number of nitrogens with zero attached hydrogens (tertiary/aromatic N) is 3. The van der Waals surface area contributed by atoms with Gasteiger partial charge in [-0.25, -0.2) is 4.79 Å². The smallest absolute Gasteiger partial charge is 0.340 e. The van der Waals surface area contributed by atoms with Crippen LogP contribution in [0.15, 0.2) is 63.5 Å². The molecule has 0 radical (unpaired) electrons. The Morgan fingerprint density at radius 1 is 1.05 bits per heavy atom. The number of hydrogen-bond acceptors (Lipinski definition) is 5. The molecule has 7 nitrogen and oxygen atoms in total. The zero-order valence-corrected chi connectivity index (χ0v) is 11.3. The minimum Gasteiger partial charge on any atom is -0.350 e. The highest BCUT2D eigenvalue weighted by atomic mass is 16.2. The van der Waals surface area contributed by atoms with Gasteiger partial charge in [0.1, 0.15) is 0 Å². The highest BCUT2D eigenvalue weighted by Gasteiger charge is 2.15. The van der Waals surface area contributed by atoms with Crippen molar-refractivity contribution in [1.82, 2.24) is 4.98 Å². The summed E-state index contributed by atoms with van der Waals surface area (Å²) in [6, 6.07) is 8.85. The molecule has 1 aromatic heterocycles. The van der Waals surface area contributed by atoms with E-state index < -0.39 is 16.9 Å². The van der Waals surface area contributed by atoms with Crippen molar-refractivity contribution in [3.8, 4) is 0 Å². The molecule has 2 aromatic carbocycles. The van der Waals surface area contributed by atoms with Crippen LogP contribution in [0.1, 0.15) is 0 Å². The lowest BCUT2D eigenvalue weighted by molar-refractivity contribution is 0.254. The molecule has 0 atom stereocenters. The van der Waals surface area contributed by atoms with Crippen LogP contribution in [0.2, 0.25) is 0 Å². The third kappa shape index (κ3) is 2.14. The molecule has 0 fully saturated rings. The van der Waals surface area contributed by atoms with Crippen molar-refractivity contribution >= 4 is 22.5 Å². The number of rotatable bonds is 2. The van der Waals surface area contributed by atoms with Gasteiger partial charge in [-0.2, -0.15) is 10.1 Å². The van der Waals surface area contributed by atoms with Gasteiger partial charge in [0.15, 0.2) is 5.36 Å². The van der Waals surface area contributed by atoms with Gasteiger partial charge in [0.2, 0.25) is 10.9 Å². The number of carbonyl (C=O) groups excluding carboxylic acids is 1. The summed E-state index contributed by atoms with van der Waals surface area (Å²) in [4.78, 5) is 39.9. The highest BCUT2D eigenvalue weighted by Crippen LogP contribution is 2.12. The van der Waals surface area contributed by atoms with E-state index in [-0.39, 0.29) is 16.1 Å². The van der Waals surface area contributed by atoms with Gasteiger partial charge in [0, 0.05) is 17.8 Å². The van der Waals surface area contributed by atoms with Crippen LogP contribution in [-0.4, -0.2) is 11.0 Å². The lowest BCUT2D eigenvalue weighted by Crippen LogP contribution is -2.40. The van der Waals surface area contributed by atoms with E-state index in [9.17, 15) is 14.4 Å². The largest absolute Gasteiger partial charge is 0.350 e. The third-order valence-electron chi connectivity index (χ3n) is 3.15. The Morgan fingerprint density at radius 2 is 1.73 bits per heavy atom. The minimum absolute atomic E-state index is 0.170. The molecule has 3 aromatic rings. The number of primary amides is 1. The summed E-state index contributed by atoms with van der Waals surface area (Å²) in [7, 11) is 0. The predicted molar refractivity (Wildman–Crippen MR) is 80.7 cm³/mol. The first-order valence-electron chi connectivity index (χ1n) is 6.36. The van der Waals surface area contributed by atoms with Gasteiger partial charge in [-0.3, -0.25) is 14.6 Å². The first kappa shape index (κ1) is 13.6. The van der Waals surface area contributed by atoms with Crippen LogP contribution < -0.4 is 27.0 Å². The summed E-state index contributed by atoms with van der Waals surface area (Å²) in [6.45, 7) is 0. The van der Waals surface area contributed by atoms with E-state index >= 15 is 0 Å². The van der Waals surface area contributed by atoms with Crippen molar-refractivity contribution in [2.75, 3.05) is 5.01 Å². The molecule has 0 spiro atoms. The van der Waals surface area contributed by atoms with Gasteiger partial charge >= 0.3 is 6.03 Å². The van der Waals surface area contributed by atoms with Gasteiger partial charge in [0.05, 0.1) is 11.1 Å². The number of fused-ring (bicyclic) bond motifs is 1. The van der Waals surface area contributed by atoms with Crippen molar-refractivity contribution in [1.29, 1.82) is 0 Å². The van der Waals surface area contributed by atoms with Crippen LogP contribution in [0.4, 0.5) is 10.5 Å². The Bertz CT molecular complexity index is 955. The van der Waals surface area contributed by atoms with E-state index in [0.29, 0.717) is 5.69 Å². The molecule has 0 aliphatic carbocycles. The Balaban J connectivity index is 2.29. The molecule has 3 rings (SSSR count). The zero-order chi connectivity index (χ0) is 15.7. The van der Waals surface area contributed by atoms with Crippen molar-refractivity contribution in [2.24, 2.45) is 10.8 Å². The van der Waals surface area contributed by atoms with Gasteiger partial charge in [0.25, 0.3) is 0 Å². The number of amides is 2. The Morgan fingerprint density at radius 3 is 2.36 bits per heavy atom. The molecule has 0 aliphatic heterocycles. The van der Waals surface area contributed by atoms with Gasteiger partial charge in [-0.05, 0) is 18.2 Å². The summed E-state index contributed by atoms with van der Waals surface area (Å²) in [5.74, 6) is 0. The summed E-state index contributed by atoms with van der Waals surface area (Å²) in [5.41, 5.74) is 4.52. The number of benzene rings is 1. The molecule has 0 unspecified atom stereocenters. The predicted octanol–water partition coefficient (Wildman–Crippen LogP) is 0.232. The van der Waals surface area contributed by atoms with Gasteiger partial charge in [-0.1, -0.05) is 18.2 Å². The van der Waals surface area contributed by atoms with Gasteiger partial charge in [-0.15, -0.1) is 0 Å². The number of pyridine rings is 1. The fraction of sp³-hybridized carbons (Fsp3) is 0. The lowest BCUT2D eigenvalue weighted by atomic mass is 10.3. The number of nitrogens with two attached hydrogens (primary N) is 1. The maximum atomic E-state index is 12.2. The number of para-hydroxylation sites is 1. The van der Waals surface area contributed by atoms with Crippen molar-refractivity contribution in [3.63, 3.8) is 0 Å². The molecule has 22 heavy (non-hydrogen) atoms. The number of hydrogen-bond donors (Lipinski definition) is 1. The van der Waals surface area contributed by atoms with E-state index in [1.54, 1.807) is 30.3 Å². The maximum Gasteiger partial charge on any atom is 0.340 e. The number of anilines is 1. The second kappa shape index (κ2) is 5.21. The molecule has 0 saturated carbocycles. The standard InChI is InChI=1S/C15H10N4O3/c16-15(22)19(9-4-2-1-3-5-9)18-12-13(20)10-6-7-17-8-11(10)14(12)21/h1-8H,(H2,16,22)/b18-12+. The molecule has 0 bridgehead atoms. The molecule has 7 heteroatoms. The van der Waals surface area contributed by atoms with E-state index in [4.69, 9.17) is 5.73 Å². The van der Waals surface area contributed by atoms with Crippen LogP contribution in [0.25, 0.3) is 10.8 Å². The van der Waals surface area contributed by atoms with Crippen LogP contribution in [0.3, 0.4) is 0 Å². The quantitative estimate of drug-likeness (QED) is 0.683. The summed E-state index contributed by atoms with van der Waals surface area (Å²) < 4.78 is 0. The normalized spacial score (nSPS) is 11.7. The molecular formula is C15H10N4O3. The fourth-order valence-corrected chi connectivity index (χ4v) is 2.13. The second-order valence-electron chi connectivity index (χ2n) is 4.51. The SMILES string of the molecule is NC(=O)N(/N=c1\c(=O)c2ccncc2c1=O)c1ccccc1. The monoisotopic (exact) mass is 294 g/mol. The Kier molecular flexibility index (Phi) is 3.23. The summed E-state index contributed by atoms with van der Waals surface area (Å²) in [5, 5.41) is 4.73. The van der Waals surface area contributed by atoms with Crippen LogP contribution >= 0.6 is 0 Å². The molecule has 108 valence electrons.